The van der Waals surface area contributed by atoms with Gasteiger partial charge in [0.05, 0.1) is 5.69 Å². The topological polar surface area (TPSA) is 37.4 Å². The predicted octanol–water partition coefficient (Wildman–Crippen LogP) is 4.98. The van der Waals surface area contributed by atoms with Crippen molar-refractivity contribution in [3.05, 3.63) is 95.6 Å². The van der Waals surface area contributed by atoms with Crippen molar-refractivity contribution < 1.29 is 9.59 Å². The van der Waals surface area contributed by atoms with Crippen LogP contribution < -0.4 is 4.90 Å². The highest BCUT2D eigenvalue weighted by atomic mass is 16.2. The molecule has 0 saturated heterocycles. The third-order valence-electron chi connectivity index (χ3n) is 5.04. The molecule has 1 heterocycles. The molecule has 124 valence electrons. The van der Waals surface area contributed by atoms with E-state index in [0.717, 1.165) is 22.8 Å². The first-order chi connectivity index (χ1) is 12.7. The summed E-state index contributed by atoms with van der Waals surface area (Å²) in [6.07, 6.45) is 7.15. The van der Waals surface area contributed by atoms with Crippen LogP contribution in [-0.2, 0) is 0 Å². The Bertz CT molecular complexity index is 1090. The zero-order chi connectivity index (χ0) is 17.7. The molecular weight excluding hydrogens is 322 g/mol. The van der Waals surface area contributed by atoms with Crippen LogP contribution in [0.5, 0.6) is 0 Å². The minimum absolute atomic E-state index is 0.270. The van der Waals surface area contributed by atoms with E-state index >= 15 is 0 Å². The lowest BCUT2D eigenvalue weighted by molar-refractivity contribution is 0.0893. The smallest absolute Gasteiger partial charge is 0.265 e. The molecule has 0 saturated carbocycles. The normalized spacial score (nSPS) is 15.7. The molecule has 3 aromatic rings. The van der Waals surface area contributed by atoms with Gasteiger partial charge >= 0.3 is 0 Å². The number of hydrogen-bond acceptors (Lipinski definition) is 2. The molecule has 0 spiro atoms. The first-order valence-corrected chi connectivity index (χ1v) is 8.61. The van der Waals surface area contributed by atoms with Crippen molar-refractivity contribution in [1.29, 1.82) is 0 Å². The van der Waals surface area contributed by atoms with Crippen LogP contribution in [-0.4, -0.2) is 11.8 Å². The van der Waals surface area contributed by atoms with E-state index in [0.29, 0.717) is 16.8 Å². The Balaban J connectivity index is 1.60. The maximum Gasteiger partial charge on any atom is 0.265 e. The van der Waals surface area contributed by atoms with Crippen molar-refractivity contribution >= 4 is 33.8 Å². The van der Waals surface area contributed by atoms with Gasteiger partial charge in [-0.2, -0.15) is 0 Å². The number of carbonyl (C=O) groups is 2. The number of allylic oxidation sites excluding steroid dienone is 4. The number of carbonyl (C=O) groups excluding carboxylic acids is 2. The van der Waals surface area contributed by atoms with E-state index in [9.17, 15) is 9.59 Å². The van der Waals surface area contributed by atoms with Gasteiger partial charge in [-0.1, -0.05) is 54.6 Å². The lowest BCUT2D eigenvalue weighted by Crippen LogP contribution is -2.40. The Morgan fingerprint density at radius 2 is 1.42 bits per heavy atom. The second-order valence-corrected chi connectivity index (χ2v) is 6.53. The van der Waals surface area contributed by atoms with Crippen molar-refractivity contribution in [3.8, 4) is 0 Å². The van der Waals surface area contributed by atoms with Crippen LogP contribution in [0, 0.1) is 0 Å². The molecule has 26 heavy (non-hydrogen) atoms. The van der Waals surface area contributed by atoms with E-state index in [1.165, 1.54) is 10.5 Å². The summed E-state index contributed by atoms with van der Waals surface area (Å²) in [5.74, 6) is -0.539. The summed E-state index contributed by atoms with van der Waals surface area (Å²) < 4.78 is 0. The Labute approximate surface area is 150 Å². The highest BCUT2D eigenvalue weighted by molar-refractivity contribution is 6.35. The summed E-state index contributed by atoms with van der Waals surface area (Å²) in [6, 6.07) is 18.8. The SMILES string of the molecule is O=C1c2cccc3cccc(c23)C(=O)N1c1ccc(C2=CC=CC2)cc1. The van der Waals surface area contributed by atoms with Crippen molar-refractivity contribution in [2.75, 3.05) is 4.90 Å². The van der Waals surface area contributed by atoms with Gasteiger partial charge in [-0.3, -0.25) is 9.59 Å². The summed E-state index contributed by atoms with van der Waals surface area (Å²) in [6.45, 7) is 0. The van der Waals surface area contributed by atoms with Gasteiger partial charge in [0.2, 0.25) is 0 Å². The fourth-order valence-corrected chi connectivity index (χ4v) is 3.75. The van der Waals surface area contributed by atoms with Gasteiger partial charge in [-0.15, -0.1) is 0 Å². The van der Waals surface area contributed by atoms with Gasteiger partial charge in [0.25, 0.3) is 11.8 Å². The zero-order valence-electron chi connectivity index (χ0n) is 14.0. The van der Waals surface area contributed by atoms with Crippen LogP contribution >= 0.6 is 0 Å². The number of hydrogen-bond donors (Lipinski definition) is 0. The number of nitrogens with zero attached hydrogens (tertiary/aromatic N) is 1. The van der Waals surface area contributed by atoms with Crippen LogP contribution in [0.1, 0.15) is 32.7 Å². The standard InChI is InChI=1S/C23H15NO2/c25-22-19-9-3-7-17-8-4-10-20(21(17)19)23(26)24(22)18-13-11-16(12-14-18)15-5-1-2-6-15/h1-5,7-14H,6H2. The number of amides is 2. The number of rotatable bonds is 2. The van der Waals surface area contributed by atoms with E-state index in [1.54, 1.807) is 12.1 Å². The largest absolute Gasteiger partial charge is 0.268 e. The number of anilines is 1. The maximum atomic E-state index is 13.0. The van der Waals surface area contributed by atoms with Crippen molar-refractivity contribution in [2.45, 2.75) is 6.42 Å². The number of benzene rings is 3. The fourth-order valence-electron chi connectivity index (χ4n) is 3.75. The van der Waals surface area contributed by atoms with Gasteiger partial charge in [-0.05, 0) is 47.2 Å². The summed E-state index contributed by atoms with van der Waals surface area (Å²) >= 11 is 0. The first-order valence-electron chi connectivity index (χ1n) is 8.61. The summed E-state index contributed by atoms with van der Waals surface area (Å²) in [4.78, 5) is 27.4. The molecule has 0 bridgehead atoms. The molecular formula is C23H15NO2. The molecule has 3 aromatic carbocycles. The summed E-state index contributed by atoms with van der Waals surface area (Å²) in [5, 5.41) is 1.66. The monoisotopic (exact) mass is 337 g/mol. The van der Waals surface area contributed by atoms with Crippen LogP contribution in [0.3, 0.4) is 0 Å². The molecule has 0 radical (unpaired) electrons. The van der Waals surface area contributed by atoms with Gasteiger partial charge < -0.3 is 0 Å². The number of imide groups is 1. The molecule has 2 amide bonds. The molecule has 3 nitrogen and oxygen atoms in total. The van der Waals surface area contributed by atoms with Crippen molar-refractivity contribution in [1.82, 2.24) is 0 Å². The molecule has 3 heteroatoms. The second-order valence-electron chi connectivity index (χ2n) is 6.53. The molecule has 2 aliphatic rings. The maximum absolute atomic E-state index is 13.0. The molecule has 1 aliphatic carbocycles. The molecule has 0 N–H and O–H groups in total. The fraction of sp³-hybridized carbons (Fsp3) is 0.0435. The van der Waals surface area contributed by atoms with E-state index in [1.807, 2.05) is 54.6 Å². The average molecular weight is 337 g/mol. The second kappa shape index (κ2) is 5.53. The Morgan fingerprint density at radius 1 is 0.769 bits per heavy atom. The van der Waals surface area contributed by atoms with Crippen LogP contribution in [0.15, 0.2) is 78.9 Å². The van der Waals surface area contributed by atoms with E-state index in [4.69, 9.17) is 0 Å². The van der Waals surface area contributed by atoms with Gasteiger partial charge in [0, 0.05) is 16.5 Å². The van der Waals surface area contributed by atoms with E-state index in [-0.39, 0.29) is 11.8 Å². The van der Waals surface area contributed by atoms with Crippen LogP contribution in [0.2, 0.25) is 0 Å². The van der Waals surface area contributed by atoms with Crippen LogP contribution in [0.4, 0.5) is 5.69 Å². The molecule has 0 fully saturated rings. The Kier molecular flexibility index (Phi) is 3.16. The first kappa shape index (κ1) is 14.8. The quantitative estimate of drug-likeness (QED) is 0.618. The minimum Gasteiger partial charge on any atom is -0.268 e. The van der Waals surface area contributed by atoms with Gasteiger partial charge in [0.15, 0.2) is 0 Å². The van der Waals surface area contributed by atoms with E-state index in [2.05, 4.69) is 12.2 Å². The Morgan fingerprint density at radius 3 is 2.00 bits per heavy atom. The summed E-state index contributed by atoms with van der Waals surface area (Å²) in [5.41, 5.74) is 4.09. The molecule has 0 aromatic heterocycles. The average Bonchev–Trinajstić information content (AvgIpc) is 3.21. The predicted molar refractivity (Wildman–Crippen MR) is 103 cm³/mol. The van der Waals surface area contributed by atoms with Gasteiger partial charge in [0.1, 0.15) is 0 Å². The summed E-state index contributed by atoms with van der Waals surface area (Å²) in [7, 11) is 0. The van der Waals surface area contributed by atoms with Crippen molar-refractivity contribution in [2.24, 2.45) is 0 Å². The van der Waals surface area contributed by atoms with E-state index < -0.39 is 0 Å². The molecule has 1 aliphatic heterocycles. The zero-order valence-corrected chi connectivity index (χ0v) is 14.0. The Hall–Kier alpha value is -3.46. The molecule has 5 rings (SSSR count). The minimum atomic E-state index is -0.270. The van der Waals surface area contributed by atoms with Gasteiger partial charge in [-0.25, -0.2) is 4.90 Å². The lowest BCUT2D eigenvalue weighted by Gasteiger charge is -2.27. The highest BCUT2D eigenvalue weighted by Gasteiger charge is 2.33. The van der Waals surface area contributed by atoms with Crippen molar-refractivity contribution in [3.63, 3.8) is 0 Å². The molecule has 0 unspecified atom stereocenters. The molecule has 0 atom stereocenters. The third kappa shape index (κ3) is 2.07. The van der Waals surface area contributed by atoms with Crippen LogP contribution in [0.25, 0.3) is 16.3 Å². The third-order valence-corrected chi connectivity index (χ3v) is 5.04. The highest BCUT2D eigenvalue weighted by Crippen LogP contribution is 2.33. The lowest BCUT2D eigenvalue weighted by atomic mass is 9.93.